The van der Waals surface area contributed by atoms with Crippen molar-refractivity contribution in [3.05, 3.63) is 10.5 Å². The second kappa shape index (κ2) is 7.91. The predicted molar refractivity (Wildman–Crippen MR) is 62.7 cm³/mol. The van der Waals surface area contributed by atoms with E-state index in [9.17, 15) is 0 Å². The van der Waals surface area contributed by atoms with Gasteiger partial charge in [0.25, 0.3) is 0 Å². The van der Waals surface area contributed by atoms with Gasteiger partial charge in [-0.25, -0.2) is 0 Å². The molecule has 0 heterocycles. The summed E-state index contributed by atoms with van der Waals surface area (Å²) in [7, 11) is -0.604. The number of allylic oxidation sites excluding steroid dienone is 1. The Morgan fingerprint density at radius 3 is 2.46 bits per heavy atom. The average Bonchev–Trinajstić information content (AvgIpc) is 2.13. The van der Waals surface area contributed by atoms with Crippen molar-refractivity contribution in [1.29, 1.82) is 0 Å². The zero-order valence-corrected chi connectivity index (χ0v) is 10.8. The van der Waals surface area contributed by atoms with Gasteiger partial charge in [0.15, 0.2) is 5.22 Å². The van der Waals surface area contributed by atoms with Gasteiger partial charge in [0.1, 0.15) is 0 Å². The first kappa shape index (κ1) is 13.5. The minimum Gasteiger partial charge on any atom is -0.483 e. The van der Waals surface area contributed by atoms with Crippen molar-refractivity contribution < 1.29 is 4.74 Å². The molecule has 0 rings (SSSR count). The smallest absolute Gasteiger partial charge is 0.191 e. The molecule has 0 saturated carbocycles. The lowest BCUT2D eigenvalue weighted by molar-refractivity contribution is 0.253. The maximum Gasteiger partial charge on any atom is 0.191 e. The van der Waals surface area contributed by atoms with Crippen LogP contribution in [-0.4, -0.2) is 12.8 Å². The third kappa shape index (κ3) is 5.78. The fraction of sp³-hybridized carbons (Fsp3) is 0.778. The molecule has 0 saturated heterocycles. The molecule has 1 unspecified atom stereocenters. The predicted octanol–water partition coefficient (Wildman–Crippen LogP) is 4.89. The van der Waals surface area contributed by atoms with Crippen LogP contribution in [0.15, 0.2) is 10.5 Å². The Morgan fingerprint density at radius 2 is 2.00 bits per heavy atom. The molecule has 4 heteroatoms. The number of hydrogen-bond donors (Lipinski definition) is 0. The van der Waals surface area contributed by atoms with Crippen molar-refractivity contribution in [3.63, 3.8) is 0 Å². The topological polar surface area (TPSA) is 9.23 Å². The highest BCUT2D eigenvalue weighted by molar-refractivity contribution is 7.87. The monoisotopic (exact) mass is 242 g/mol. The summed E-state index contributed by atoms with van der Waals surface area (Å²) in [5, 5.41) is 1.49. The van der Waals surface area contributed by atoms with E-state index in [1.165, 1.54) is 6.42 Å². The highest BCUT2D eigenvalue weighted by Gasteiger charge is 2.10. The third-order valence-corrected chi connectivity index (χ3v) is 5.06. The molecule has 0 aliphatic rings. The van der Waals surface area contributed by atoms with Gasteiger partial charge in [0.05, 0.1) is 6.61 Å². The van der Waals surface area contributed by atoms with Crippen LogP contribution in [0.1, 0.15) is 33.6 Å². The Balaban J connectivity index is 4.04. The molecule has 13 heavy (non-hydrogen) atoms. The second-order valence-electron chi connectivity index (χ2n) is 2.73. The first-order valence-electron chi connectivity index (χ1n) is 4.55. The molecule has 78 valence electrons. The van der Waals surface area contributed by atoms with E-state index in [4.69, 9.17) is 27.6 Å². The van der Waals surface area contributed by atoms with Crippen LogP contribution in [0, 0.1) is 0 Å². The third-order valence-electron chi connectivity index (χ3n) is 1.63. The zero-order valence-electron chi connectivity index (χ0n) is 8.44. The molecule has 1 atom stereocenters. The standard InChI is InChI=1S/C9H17Cl2OP/c1-4-6-7-13(11)8(3)9(10)12-5-2/h4-7H2,1-3H3/b9-8-. The van der Waals surface area contributed by atoms with Gasteiger partial charge in [-0.15, -0.1) is 0 Å². The minimum absolute atomic E-state index is 0.486. The lowest BCUT2D eigenvalue weighted by Gasteiger charge is -2.11. The molecule has 0 bridgehead atoms. The van der Waals surface area contributed by atoms with E-state index in [-0.39, 0.29) is 0 Å². The molecule has 0 aromatic heterocycles. The zero-order chi connectivity index (χ0) is 10.3. The molecule has 1 nitrogen and oxygen atoms in total. The van der Waals surface area contributed by atoms with Crippen molar-refractivity contribution in [2.24, 2.45) is 0 Å². The van der Waals surface area contributed by atoms with Crippen molar-refractivity contribution in [2.45, 2.75) is 33.6 Å². The quantitative estimate of drug-likeness (QED) is 0.476. The van der Waals surface area contributed by atoms with Crippen molar-refractivity contribution in [3.8, 4) is 0 Å². The molecule has 0 aliphatic heterocycles. The SMILES string of the molecule is CCCCP(Cl)/C(C)=C(/Cl)OCC. The lowest BCUT2D eigenvalue weighted by atomic mass is 10.4. The summed E-state index contributed by atoms with van der Waals surface area (Å²) < 4.78 is 5.18. The van der Waals surface area contributed by atoms with Gasteiger partial charge in [-0.1, -0.05) is 24.6 Å². The van der Waals surface area contributed by atoms with Gasteiger partial charge in [-0.05, 0) is 38.0 Å². The fourth-order valence-corrected chi connectivity index (χ4v) is 3.11. The molecule has 0 spiro atoms. The van der Waals surface area contributed by atoms with Gasteiger partial charge >= 0.3 is 0 Å². The van der Waals surface area contributed by atoms with Crippen LogP contribution in [0.25, 0.3) is 0 Å². The van der Waals surface area contributed by atoms with Crippen LogP contribution in [0.5, 0.6) is 0 Å². The molecular formula is C9H17Cl2OP. The van der Waals surface area contributed by atoms with E-state index in [1.807, 2.05) is 13.8 Å². The molecule has 0 aliphatic carbocycles. The van der Waals surface area contributed by atoms with Gasteiger partial charge in [0, 0.05) is 12.6 Å². The number of ether oxygens (including phenoxy) is 1. The maximum absolute atomic E-state index is 6.18. The Bertz CT molecular complexity index is 171. The summed E-state index contributed by atoms with van der Waals surface area (Å²) in [4.78, 5) is 0. The Labute approximate surface area is 92.0 Å². The molecule has 0 N–H and O–H groups in total. The molecule has 0 fully saturated rings. The lowest BCUT2D eigenvalue weighted by Crippen LogP contribution is -1.89. The van der Waals surface area contributed by atoms with Crippen LogP contribution in [0.2, 0.25) is 0 Å². The van der Waals surface area contributed by atoms with Gasteiger partial charge in [-0.3, -0.25) is 0 Å². The number of unbranched alkanes of at least 4 members (excludes halogenated alkanes) is 1. The fourth-order valence-electron chi connectivity index (χ4n) is 0.791. The summed E-state index contributed by atoms with van der Waals surface area (Å²) in [6.07, 6.45) is 3.36. The number of halogens is 2. The highest BCUT2D eigenvalue weighted by Crippen LogP contribution is 2.52. The molecular weight excluding hydrogens is 226 g/mol. The summed E-state index contributed by atoms with van der Waals surface area (Å²) in [6.45, 7) is 6.62. The first-order valence-corrected chi connectivity index (χ1v) is 7.36. The normalized spacial score (nSPS) is 15.2. The van der Waals surface area contributed by atoms with Gasteiger partial charge in [0.2, 0.25) is 0 Å². The molecule has 0 aromatic rings. The summed E-state index contributed by atoms with van der Waals surface area (Å²) in [6, 6.07) is 0. The Morgan fingerprint density at radius 1 is 1.38 bits per heavy atom. The molecule has 0 radical (unpaired) electrons. The van der Waals surface area contributed by atoms with Crippen LogP contribution in [0.3, 0.4) is 0 Å². The number of hydrogen-bond acceptors (Lipinski definition) is 1. The summed E-state index contributed by atoms with van der Waals surface area (Å²) >= 11 is 12.1. The van der Waals surface area contributed by atoms with Crippen molar-refractivity contribution in [2.75, 3.05) is 12.8 Å². The Kier molecular flexibility index (Phi) is 8.24. The van der Waals surface area contributed by atoms with E-state index in [0.717, 1.165) is 17.9 Å². The highest BCUT2D eigenvalue weighted by atomic mass is 35.7. The van der Waals surface area contributed by atoms with Crippen LogP contribution in [-0.2, 0) is 4.74 Å². The van der Waals surface area contributed by atoms with Crippen LogP contribution >= 0.6 is 30.1 Å². The first-order chi connectivity index (χ1) is 6.13. The van der Waals surface area contributed by atoms with Crippen molar-refractivity contribution >= 4 is 30.1 Å². The Hall–Kier alpha value is 0.550. The molecule has 0 aromatic carbocycles. The van der Waals surface area contributed by atoms with Crippen LogP contribution in [0.4, 0.5) is 0 Å². The van der Waals surface area contributed by atoms with Crippen molar-refractivity contribution in [1.82, 2.24) is 0 Å². The maximum atomic E-state index is 6.18. The summed E-state index contributed by atoms with van der Waals surface area (Å²) in [5.41, 5.74) is 0. The largest absolute Gasteiger partial charge is 0.483 e. The van der Waals surface area contributed by atoms with Crippen LogP contribution < -0.4 is 0 Å². The van der Waals surface area contributed by atoms with E-state index in [2.05, 4.69) is 6.92 Å². The minimum atomic E-state index is -0.604. The van der Waals surface area contributed by atoms with Gasteiger partial charge < -0.3 is 4.74 Å². The average molecular weight is 243 g/mol. The summed E-state index contributed by atoms with van der Waals surface area (Å²) in [5.74, 6) is 0. The second-order valence-corrected chi connectivity index (χ2v) is 6.14. The molecule has 0 amide bonds. The van der Waals surface area contributed by atoms with E-state index >= 15 is 0 Å². The van der Waals surface area contributed by atoms with E-state index < -0.39 is 7.27 Å². The number of rotatable bonds is 6. The van der Waals surface area contributed by atoms with E-state index in [1.54, 1.807) is 0 Å². The van der Waals surface area contributed by atoms with E-state index in [0.29, 0.717) is 11.8 Å². The van der Waals surface area contributed by atoms with Gasteiger partial charge in [-0.2, -0.15) is 0 Å².